The summed E-state index contributed by atoms with van der Waals surface area (Å²) in [7, 11) is 1.67. The molecule has 31 heavy (non-hydrogen) atoms. The Morgan fingerprint density at radius 2 is 2.03 bits per heavy atom. The fraction of sp³-hybridized carbons (Fsp3) is 0.211. The van der Waals surface area contributed by atoms with Crippen LogP contribution in [0, 0.1) is 0 Å². The Bertz CT molecular complexity index is 1060. The van der Waals surface area contributed by atoms with E-state index in [0.29, 0.717) is 29.9 Å². The maximum absolute atomic E-state index is 12.6. The van der Waals surface area contributed by atoms with Crippen molar-refractivity contribution in [3.63, 3.8) is 0 Å². The van der Waals surface area contributed by atoms with Crippen LogP contribution in [0.25, 0.3) is 0 Å². The Labute approximate surface area is 179 Å². The fourth-order valence-electron chi connectivity index (χ4n) is 2.41. The van der Waals surface area contributed by atoms with E-state index in [-0.39, 0.29) is 22.4 Å². The van der Waals surface area contributed by atoms with E-state index < -0.39 is 11.4 Å². The van der Waals surface area contributed by atoms with Crippen LogP contribution in [0.4, 0.5) is 24.8 Å². The number of amides is 1. The van der Waals surface area contributed by atoms with Gasteiger partial charge in [-0.2, -0.15) is 13.2 Å². The maximum Gasteiger partial charge on any atom is 0.446 e. The molecule has 2 N–H and O–H groups in total. The van der Waals surface area contributed by atoms with Gasteiger partial charge in [-0.3, -0.25) is 19.2 Å². The number of nitrogens with zero attached hydrogens (tertiary/aromatic N) is 3. The van der Waals surface area contributed by atoms with Crippen LogP contribution in [0.1, 0.15) is 17.4 Å². The molecule has 0 aliphatic rings. The Hall–Kier alpha value is -3.25. The van der Waals surface area contributed by atoms with E-state index >= 15 is 0 Å². The normalized spacial score (nSPS) is 11.3. The third-order valence-electron chi connectivity index (χ3n) is 3.76. The van der Waals surface area contributed by atoms with Crippen molar-refractivity contribution >= 4 is 29.3 Å². The van der Waals surface area contributed by atoms with Crippen LogP contribution in [0.15, 0.2) is 53.7 Å². The molecule has 0 atom stereocenters. The van der Waals surface area contributed by atoms with Gasteiger partial charge in [0.05, 0.1) is 12.8 Å². The Kier molecular flexibility index (Phi) is 7.02. The third-order valence-corrected chi connectivity index (χ3v) is 4.49. The Morgan fingerprint density at radius 1 is 1.23 bits per heavy atom. The first-order valence-corrected chi connectivity index (χ1v) is 9.77. The number of carbonyl (C=O) groups is 1. The molecule has 0 aliphatic heterocycles. The van der Waals surface area contributed by atoms with Crippen molar-refractivity contribution in [2.45, 2.75) is 17.3 Å². The van der Waals surface area contributed by atoms with E-state index in [1.54, 1.807) is 30.7 Å². The SMILES string of the molecule is CCONC(=O)c1cc(Oc2cnc(Nc3cccc(SC(F)(F)F)c3)n2C)ccn1. The molecule has 0 saturated heterocycles. The van der Waals surface area contributed by atoms with Crippen molar-refractivity contribution in [2.24, 2.45) is 7.05 Å². The minimum absolute atomic E-state index is 0.0535. The highest BCUT2D eigenvalue weighted by Crippen LogP contribution is 2.38. The summed E-state index contributed by atoms with van der Waals surface area (Å²) in [5.74, 6) is 0.518. The zero-order valence-corrected chi connectivity index (χ0v) is 17.3. The van der Waals surface area contributed by atoms with Crippen molar-refractivity contribution in [3.05, 3.63) is 54.5 Å². The van der Waals surface area contributed by atoms with Crippen LogP contribution < -0.4 is 15.5 Å². The summed E-state index contributed by atoms with van der Waals surface area (Å²) in [6.07, 6.45) is 2.85. The van der Waals surface area contributed by atoms with Crippen molar-refractivity contribution < 1.29 is 27.5 Å². The van der Waals surface area contributed by atoms with E-state index in [4.69, 9.17) is 9.57 Å². The summed E-state index contributed by atoms with van der Waals surface area (Å²) >= 11 is -0.194. The molecular weight excluding hydrogens is 435 g/mol. The number of alkyl halides is 3. The van der Waals surface area contributed by atoms with Crippen LogP contribution >= 0.6 is 11.8 Å². The summed E-state index contributed by atoms with van der Waals surface area (Å²) in [5, 5.41) is 2.96. The van der Waals surface area contributed by atoms with Crippen molar-refractivity contribution in [3.8, 4) is 11.6 Å². The number of ether oxygens (including phenoxy) is 1. The van der Waals surface area contributed by atoms with E-state index in [9.17, 15) is 18.0 Å². The van der Waals surface area contributed by atoms with Gasteiger partial charge in [0, 0.05) is 29.9 Å². The molecule has 2 heterocycles. The molecule has 1 amide bonds. The molecule has 12 heteroatoms. The van der Waals surface area contributed by atoms with E-state index in [0.717, 1.165) is 0 Å². The first-order chi connectivity index (χ1) is 14.7. The topological polar surface area (TPSA) is 90.3 Å². The summed E-state index contributed by atoms with van der Waals surface area (Å²) in [4.78, 5) is 25.0. The molecule has 0 saturated carbocycles. The zero-order valence-electron chi connectivity index (χ0n) is 16.4. The van der Waals surface area contributed by atoms with Crippen LogP contribution in [0.5, 0.6) is 11.6 Å². The summed E-state index contributed by atoms with van der Waals surface area (Å²) in [6, 6.07) is 8.89. The van der Waals surface area contributed by atoms with Crippen LogP contribution in [-0.2, 0) is 11.9 Å². The quantitative estimate of drug-likeness (QED) is 0.379. The van der Waals surface area contributed by atoms with Gasteiger partial charge in [-0.25, -0.2) is 10.5 Å². The minimum Gasteiger partial charge on any atom is -0.439 e. The minimum atomic E-state index is -4.37. The van der Waals surface area contributed by atoms with Crippen molar-refractivity contribution in [1.29, 1.82) is 0 Å². The number of nitrogens with one attached hydrogen (secondary N) is 2. The molecule has 3 aromatic rings. The second-order valence-electron chi connectivity index (χ2n) is 6.02. The first kappa shape index (κ1) is 22.4. The number of anilines is 2. The van der Waals surface area contributed by atoms with Gasteiger partial charge in [0.15, 0.2) is 0 Å². The zero-order chi connectivity index (χ0) is 22.4. The second-order valence-corrected chi connectivity index (χ2v) is 7.16. The lowest BCUT2D eigenvalue weighted by Gasteiger charge is -2.11. The van der Waals surface area contributed by atoms with Gasteiger partial charge < -0.3 is 10.1 Å². The molecular formula is C19H18F3N5O3S. The molecule has 8 nitrogen and oxygen atoms in total. The predicted octanol–water partition coefficient (Wildman–Crippen LogP) is 4.64. The largest absolute Gasteiger partial charge is 0.446 e. The highest BCUT2D eigenvalue weighted by atomic mass is 32.2. The van der Waals surface area contributed by atoms with Gasteiger partial charge in [-0.1, -0.05) is 6.07 Å². The number of benzene rings is 1. The number of carbonyl (C=O) groups excluding carboxylic acids is 1. The molecule has 0 unspecified atom stereocenters. The molecule has 1 aromatic carbocycles. The number of hydrogen-bond acceptors (Lipinski definition) is 7. The molecule has 0 bridgehead atoms. The molecule has 0 fully saturated rings. The highest BCUT2D eigenvalue weighted by Gasteiger charge is 2.29. The van der Waals surface area contributed by atoms with Crippen LogP contribution in [0.2, 0.25) is 0 Å². The van der Waals surface area contributed by atoms with Gasteiger partial charge >= 0.3 is 5.51 Å². The first-order valence-electron chi connectivity index (χ1n) is 8.95. The number of hydrogen-bond donors (Lipinski definition) is 2. The second kappa shape index (κ2) is 9.71. The van der Waals surface area contributed by atoms with E-state index in [2.05, 4.69) is 20.8 Å². The number of aromatic nitrogens is 3. The lowest BCUT2D eigenvalue weighted by atomic mass is 10.3. The molecule has 0 spiro atoms. The third kappa shape index (κ3) is 6.36. The molecule has 2 aromatic heterocycles. The van der Waals surface area contributed by atoms with Crippen molar-refractivity contribution in [1.82, 2.24) is 20.0 Å². The maximum atomic E-state index is 12.6. The van der Waals surface area contributed by atoms with Crippen molar-refractivity contribution in [2.75, 3.05) is 11.9 Å². The summed E-state index contributed by atoms with van der Waals surface area (Å²) in [6.45, 7) is 2.04. The highest BCUT2D eigenvalue weighted by molar-refractivity contribution is 8.00. The van der Waals surface area contributed by atoms with Crippen LogP contribution in [-0.4, -0.2) is 32.6 Å². The lowest BCUT2D eigenvalue weighted by Crippen LogP contribution is -2.24. The van der Waals surface area contributed by atoms with E-state index in [1.807, 2.05) is 0 Å². The molecule has 0 aliphatic carbocycles. The molecule has 164 valence electrons. The van der Waals surface area contributed by atoms with Gasteiger partial charge in [0.2, 0.25) is 11.8 Å². The standard InChI is InChI=1S/C19H18F3N5O3S/c1-3-29-26-17(28)15-10-13(7-8-23-15)30-16-11-24-18(27(16)2)25-12-5-4-6-14(9-12)31-19(20,21)22/h4-11H,3H2,1-2H3,(H,24,25)(H,26,28). The smallest absolute Gasteiger partial charge is 0.439 e. The molecule has 3 rings (SSSR count). The predicted molar refractivity (Wildman–Crippen MR) is 108 cm³/mol. The lowest BCUT2D eigenvalue weighted by molar-refractivity contribution is -0.0328. The Balaban J connectivity index is 1.71. The summed E-state index contributed by atoms with van der Waals surface area (Å²) in [5.41, 5.74) is -1.58. The fourth-order valence-corrected chi connectivity index (χ4v) is 3.01. The number of rotatable bonds is 8. The average molecular weight is 453 g/mol. The number of thioether (sulfide) groups is 1. The van der Waals surface area contributed by atoms with Gasteiger partial charge in [0.1, 0.15) is 11.4 Å². The number of hydroxylamine groups is 1. The Morgan fingerprint density at radius 3 is 2.77 bits per heavy atom. The number of pyridine rings is 1. The number of halogens is 3. The average Bonchev–Trinajstić information content (AvgIpc) is 3.05. The monoisotopic (exact) mass is 453 g/mol. The van der Waals surface area contributed by atoms with Gasteiger partial charge in [0.25, 0.3) is 5.91 Å². The van der Waals surface area contributed by atoms with Crippen LogP contribution in [0.3, 0.4) is 0 Å². The van der Waals surface area contributed by atoms with Gasteiger partial charge in [-0.15, -0.1) is 0 Å². The summed E-state index contributed by atoms with van der Waals surface area (Å²) < 4.78 is 45.1. The van der Waals surface area contributed by atoms with E-state index in [1.165, 1.54) is 36.7 Å². The molecule has 0 radical (unpaired) electrons. The number of imidazole rings is 1. The van der Waals surface area contributed by atoms with Gasteiger partial charge in [-0.05, 0) is 43.0 Å².